The highest BCUT2D eigenvalue weighted by atomic mass is 79.9. The van der Waals surface area contributed by atoms with Crippen molar-refractivity contribution in [2.45, 2.75) is 25.9 Å². The minimum absolute atomic E-state index is 0.0398. The Bertz CT molecular complexity index is 427. The van der Waals surface area contributed by atoms with E-state index in [4.69, 9.17) is 5.11 Å². The summed E-state index contributed by atoms with van der Waals surface area (Å²) in [5, 5.41) is 12.1. The van der Waals surface area contributed by atoms with Crippen molar-refractivity contribution < 1.29 is 9.90 Å². The van der Waals surface area contributed by atoms with Crippen LogP contribution < -0.4 is 5.32 Å². The maximum atomic E-state index is 11.8. The first-order chi connectivity index (χ1) is 8.06. The topological polar surface area (TPSA) is 49.3 Å². The van der Waals surface area contributed by atoms with Crippen LogP contribution in [-0.4, -0.2) is 23.7 Å². The van der Waals surface area contributed by atoms with Crippen molar-refractivity contribution in [3.8, 4) is 0 Å². The Balaban J connectivity index is 1.88. The molecule has 1 aliphatic rings. The molecule has 0 spiro atoms. The summed E-state index contributed by atoms with van der Waals surface area (Å²) in [5.74, 6) is 0.396. The summed E-state index contributed by atoms with van der Waals surface area (Å²) in [5.41, 5.74) is 1.74. The van der Waals surface area contributed by atoms with E-state index in [0.717, 1.165) is 22.9 Å². The first kappa shape index (κ1) is 12.6. The maximum Gasteiger partial charge on any atom is 0.251 e. The van der Waals surface area contributed by atoms with E-state index in [2.05, 4.69) is 21.2 Å². The number of benzene rings is 1. The average molecular weight is 298 g/mol. The summed E-state index contributed by atoms with van der Waals surface area (Å²) in [4.78, 5) is 11.8. The van der Waals surface area contributed by atoms with Crippen LogP contribution in [0.15, 0.2) is 22.7 Å². The summed E-state index contributed by atoms with van der Waals surface area (Å²) in [7, 11) is 0. The van der Waals surface area contributed by atoms with Crippen molar-refractivity contribution in [2.24, 2.45) is 5.92 Å². The Morgan fingerprint density at radius 3 is 2.82 bits per heavy atom. The first-order valence-corrected chi connectivity index (χ1v) is 6.58. The van der Waals surface area contributed by atoms with Gasteiger partial charge >= 0.3 is 0 Å². The van der Waals surface area contributed by atoms with Gasteiger partial charge in [0.1, 0.15) is 0 Å². The number of hydrogen-bond acceptors (Lipinski definition) is 2. The molecule has 0 bridgehead atoms. The molecule has 1 saturated carbocycles. The third-order valence-corrected chi connectivity index (χ3v) is 4.07. The zero-order chi connectivity index (χ0) is 12.4. The van der Waals surface area contributed by atoms with Gasteiger partial charge in [0.2, 0.25) is 0 Å². The third-order valence-electron chi connectivity index (χ3n) is 3.18. The van der Waals surface area contributed by atoms with Crippen molar-refractivity contribution in [3.05, 3.63) is 33.8 Å². The third kappa shape index (κ3) is 3.07. The van der Waals surface area contributed by atoms with Gasteiger partial charge in [0.15, 0.2) is 0 Å². The molecule has 0 aliphatic heterocycles. The summed E-state index contributed by atoms with van der Waals surface area (Å²) in [6.07, 6.45) is 1.45. The second-order valence-electron chi connectivity index (χ2n) is 4.67. The van der Waals surface area contributed by atoms with Crippen LogP contribution in [0.3, 0.4) is 0 Å². The fourth-order valence-electron chi connectivity index (χ4n) is 1.99. The predicted molar refractivity (Wildman–Crippen MR) is 69.9 cm³/mol. The Hall–Kier alpha value is -0.870. The van der Waals surface area contributed by atoms with E-state index < -0.39 is 0 Å². The summed E-state index contributed by atoms with van der Waals surface area (Å²) in [6.45, 7) is 2.62. The smallest absolute Gasteiger partial charge is 0.251 e. The molecule has 0 aromatic heterocycles. The minimum atomic E-state index is -0.160. The van der Waals surface area contributed by atoms with Gasteiger partial charge in [0.25, 0.3) is 5.91 Å². The second kappa shape index (κ2) is 5.19. The zero-order valence-corrected chi connectivity index (χ0v) is 11.3. The van der Waals surface area contributed by atoms with E-state index in [9.17, 15) is 4.79 Å². The van der Waals surface area contributed by atoms with E-state index in [1.165, 1.54) is 0 Å². The molecule has 0 atom stereocenters. The fraction of sp³-hybridized carbons (Fsp3) is 0.462. The van der Waals surface area contributed by atoms with Crippen LogP contribution in [-0.2, 0) is 0 Å². The van der Waals surface area contributed by atoms with E-state index >= 15 is 0 Å². The zero-order valence-electron chi connectivity index (χ0n) is 9.74. The number of hydrogen-bond donors (Lipinski definition) is 2. The highest BCUT2D eigenvalue weighted by Crippen LogP contribution is 2.26. The van der Waals surface area contributed by atoms with Gasteiger partial charge in [-0.25, -0.2) is 0 Å². The second-order valence-corrected chi connectivity index (χ2v) is 5.52. The average Bonchev–Trinajstić information content (AvgIpc) is 2.26. The molecule has 17 heavy (non-hydrogen) atoms. The normalized spacial score (nSPS) is 23.0. The lowest BCUT2D eigenvalue weighted by Gasteiger charge is -2.31. The highest BCUT2D eigenvalue weighted by molar-refractivity contribution is 9.10. The SMILES string of the molecule is Cc1cc(C(=O)NCC2CC(O)C2)ccc1Br. The lowest BCUT2D eigenvalue weighted by molar-refractivity contribution is 0.0420. The van der Waals surface area contributed by atoms with Crippen LogP contribution in [0.25, 0.3) is 0 Å². The van der Waals surface area contributed by atoms with Crippen molar-refractivity contribution in [1.29, 1.82) is 0 Å². The molecule has 1 fully saturated rings. The number of aliphatic hydroxyl groups excluding tert-OH is 1. The summed E-state index contributed by atoms with van der Waals surface area (Å²) in [6, 6.07) is 5.56. The van der Waals surface area contributed by atoms with Gasteiger partial charge < -0.3 is 10.4 Å². The lowest BCUT2D eigenvalue weighted by Crippen LogP contribution is -2.38. The molecule has 1 aromatic carbocycles. The molecular weight excluding hydrogens is 282 g/mol. The maximum absolute atomic E-state index is 11.8. The van der Waals surface area contributed by atoms with Gasteiger partial charge in [-0.1, -0.05) is 15.9 Å². The quantitative estimate of drug-likeness (QED) is 0.899. The van der Waals surface area contributed by atoms with Gasteiger partial charge in [0.05, 0.1) is 6.10 Å². The fourth-order valence-corrected chi connectivity index (χ4v) is 2.24. The molecule has 1 amide bonds. The molecule has 0 radical (unpaired) electrons. The molecule has 3 nitrogen and oxygen atoms in total. The van der Waals surface area contributed by atoms with Crippen LogP contribution in [0.2, 0.25) is 0 Å². The van der Waals surface area contributed by atoms with Crippen LogP contribution in [0, 0.1) is 12.8 Å². The molecule has 0 saturated heterocycles. The van der Waals surface area contributed by atoms with Gasteiger partial charge in [0, 0.05) is 16.6 Å². The van der Waals surface area contributed by atoms with Crippen LogP contribution >= 0.6 is 15.9 Å². The van der Waals surface area contributed by atoms with Crippen molar-refractivity contribution >= 4 is 21.8 Å². The molecule has 92 valence electrons. The Morgan fingerprint density at radius 2 is 2.24 bits per heavy atom. The standard InChI is InChI=1S/C13H16BrNO2/c1-8-4-10(2-3-12(8)14)13(17)15-7-9-5-11(16)6-9/h2-4,9,11,16H,5-7H2,1H3,(H,15,17). The number of aryl methyl sites for hydroxylation is 1. The molecule has 4 heteroatoms. The van der Waals surface area contributed by atoms with Crippen LogP contribution in [0.4, 0.5) is 0 Å². The highest BCUT2D eigenvalue weighted by Gasteiger charge is 2.27. The van der Waals surface area contributed by atoms with E-state index in [0.29, 0.717) is 18.0 Å². The largest absolute Gasteiger partial charge is 0.393 e. The summed E-state index contributed by atoms with van der Waals surface area (Å²) < 4.78 is 1.01. The molecule has 0 heterocycles. The van der Waals surface area contributed by atoms with Crippen LogP contribution in [0.1, 0.15) is 28.8 Å². The van der Waals surface area contributed by atoms with Gasteiger partial charge in [-0.3, -0.25) is 4.79 Å². The molecular formula is C13H16BrNO2. The van der Waals surface area contributed by atoms with Crippen LogP contribution in [0.5, 0.6) is 0 Å². The number of aliphatic hydroxyl groups is 1. The number of nitrogens with one attached hydrogen (secondary N) is 1. The van der Waals surface area contributed by atoms with E-state index in [1.54, 1.807) is 0 Å². The minimum Gasteiger partial charge on any atom is -0.393 e. The van der Waals surface area contributed by atoms with Crippen molar-refractivity contribution in [3.63, 3.8) is 0 Å². The van der Waals surface area contributed by atoms with E-state index in [1.807, 2.05) is 25.1 Å². The number of halogens is 1. The Morgan fingerprint density at radius 1 is 1.53 bits per heavy atom. The van der Waals surface area contributed by atoms with E-state index in [-0.39, 0.29) is 12.0 Å². The first-order valence-electron chi connectivity index (χ1n) is 5.78. The Kier molecular flexibility index (Phi) is 3.84. The lowest BCUT2D eigenvalue weighted by atomic mass is 9.82. The monoisotopic (exact) mass is 297 g/mol. The van der Waals surface area contributed by atoms with Crippen molar-refractivity contribution in [2.75, 3.05) is 6.54 Å². The molecule has 1 aliphatic carbocycles. The van der Waals surface area contributed by atoms with Crippen molar-refractivity contribution in [1.82, 2.24) is 5.32 Å². The van der Waals surface area contributed by atoms with Gasteiger partial charge in [-0.2, -0.15) is 0 Å². The predicted octanol–water partition coefficient (Wildman–Crippen LogP) is 2.26. The number of carbonyl (C=O) groups excluding carboxylic acids is 1. The number of amides is 1. The molecule has 1 aromatic rings. The molecule has 2 N–H and O–H groups in total. The number of carbonyl (C=O) groups is 1. The Labute approximate surface area is 109 Å². The molecule has 2 rings (SSSR count). The molecule has 0 unspecified atom stereocenters. The van der Waals surface area contributed by atoms with Gasteiger partial charge in [-0.15, -0.1) is 0 Å². The van der Waals surface area contributed by atoms with Gasteiger partial charge in [-0.05, 0) is 49.4 Å². The summed E-state index contributed by atoms with van der Waals surface area (Å²) >= 11 is 3.41. The number of rotatable bonds is 3.